The van der Waals surface area contributed by atoms with Crippen molar-refractivity contribution in [1.29, 1.82) is 0 Å². The zero-order valence-corrected chi connectivity index (χ0v) is 16.6. The Morgan fingerprint density at radius 3 is 2.79 bits per heavy atom. The number of hydrogen-bond acceptors (Lipinski definition) is 2. The minimum atomic E-state index is 0. The van der Waals surface area contributed by atoms with Crippen molar-refractivity contribution >= 4 is 29.9 Å². The summed E-state index contributed by atoms with van der Waals surface area (Å²) in [7, 11) is 0. The summed E-state index contributed by atoms with van der Waals surface area (Å²) in [5.41, 5.74) is 8.28. The molecule has 5 nitrogen and oxygen atoms in total. The summed E-state index contributed by atoms with van der Waals surface area (Å²) < 4.78 is 1.91. The van der Waals surface area contributed by atoms with Gasteiger partial charge in [0.25, 0.3) is 0 Å². The molecular formula is C18H28IN5. The lowest BCUT2D eigenvalue weighted by Crippen LogP contribution is -2.32. The van der Waals surface area contributed by atoms with Gasteiger partial charge in [0.05, 0.1) is 13.1 Å². The van der Waals surface area contributed by atoms with Crippen molar-refractivity contribution in [2.24, 2.45) is 10.7 Å². The summed E-state index contributed by atoms with van der Waals surface area (Å²) >= 11 is 0. The monoisotopic (exact) mass is 441 g/mol. The molecule has 1 aromatic carbocycles. The summed E-state index contributed by atoms with van der Waals surface area (Å²) in [6, 6.07) is 10.3. The second-order valence-corrected chi connectivity index (χ2v) is 5.71. The van der Waals surface area contributed by atoms with Crippen molar-refractivity contribution in [2.45, 2.75) is 45.7 Å². The normalized spacial score (nSPS) is 11.1. The Kier molecular flexibility index (Phi) is 10.1. The van der Waals surface area contributed by atoms with Crippen LogP contribution in [0.4, 0.5) is 0 Å². The Labute approximate surface area is 161 Å². The van der Waals surface area contributed by atoms with Crippen LogP contribution in [0.3, 0.4) is 0 Å². The van der Waals surface area contributed by atoms with E-state index >= 15 is 0 Å². The largest absolute Gasteiger partial charge is 0.370 e. The highest BCUT2D eigenvalue weighted by molar-refractivity contribution is 14.0. The van der Waals surface area contributed by atoms with Crippen LogP contribution in [0.15, 0.2) is 47.7 Å². The first-order chi connectivity index (χ1) is 11.3. The average Bonchev–Trinajstić information content (AvgIpc) is 3.06. The molecule has 24 heavy (non-hydrogen) atoms. The molecule has 0 amide bonds. The van der Waals surface area contributed by atoms with Crippen LogP contribution in [0.2, 0.25) is 0 Å². The zero-order valence-electron chi connectivity index (χ0n) is 14.3. The lowest BCUT2D eigenvalue weighted by molar-refractivity contribution is 0.652. The molecule has 3 N–H and O–H groups in total. The summed E-state index contributed by atoms with van der Waals surface area (Å²) in [6.45, 7) is 4.48. The van der Waals surface area contributed by atoms with E-state index < -0.39 is 0 Å². The fourth-order valence-corrected chi connectivity index (χ4v) is 2.41. The van der Waals surface area contributed by atoms with E-state index in [1.54, 1.807) is 6.20 Å². The van der Waals surface area contributed by atoms with Crippen LogP contribution in [-0.4, -0.2) is 22.3 Å². The number of aliphatic imine (C=N–C) groups is 1. The molecule has 0 bridgehead atoms. The molecule has 2 rings (SSSR count). The Balaban J connectivity index is 0.00000288. The number of benzene rings is 1. The molecule has 0 unspecified atom stereocenters. The third kappa shape index (κ3) is 7.81. The van der Waals surface area contributed by atoms with E-state index in [2.05, 4.69) is 46.6 Å². The third-order valence-corrected chi connectivity index (χ3v) is 3.66. The minimum Gasteiger partial charge on any atom is -0.370 e. The third-order valence-electron chi connectivity index (χ3n) is 3.66. The van der Waals surface area contributed by atoms with Crippen LogP contribution in [0, 0.1) is 0 Å². The number of guanidine groups is 1. The van der Waals surface area contributed by atoms with Gasteiger partial charge < -0.3 is 11.1 Å². The molecule has 1 aromatic heterocycles. The van der Waals surface area contributed by atoms with Gasteiger partial charge in [0.2, 0.25) is 0 Å². The van der Waals surface area contributed by atoms with E-state index in [4.69, 9.17) is 5.73 Å². The maximum absolute atomic E-state index is 5.91. The highest BCUT2D eigenvalue weighted by atomic mass is 127. The molecule has 0 saturated carbocycles. The molecule has 6 heteroatoms. The van der Waals surface area contributed by atoms with Crippen LogP contribution in [0.25, 0.3) is 0 Å². The Morgan fingerprint density at radius 2 is 2.04 bits per heavy atom. The number of unbranched alkanes of at least 4 members (excludes halogenated alkanes) is 3. The van der Waals surface area contributed by atoms with Crippen molar-refractivity contribution in [2.75, 3.05) is 6.54 Å². The second kappa shape index (κ2) is 11.9. The van der Waals surface area contributed by atoms with Crippen molar-refractivity contribution in [3.05, 3.63) is 53.9 Å². The molecule has 0 aliphatic heterocycles. The smallest absolute Gasteiger partial charge is 0.188 e. The van der Waals surface area contributed by atoms with Crippen molar-refractivity contribution in [3.8, 4) is 0 Å². The number of nitrogens with zero attached hydrogens (tertiary/aromatic N) is 3. The first-order valence-corrected chi connectivity index (χ1v) is 8.37. The summed E-state index contributed by atoms with van der Waals surface area (Å²) in [6.07, 6.45) is 8.67. The van der Waals surface area contributed by atoms with Gasteiger partial charge in [-0.1, -0.05) is 50.5 Å². The summed E-state index contributed by atoms with van der Waals surface area (Å²) in [5.74, 6) is 0.527. The van der Waals surface area contributed by atoms with Gasteiger partial charge in [-0.25, -0.2) is 4.99 Å². The lowest BCUT2D eigenvalue weighted by atomic mass is 10.1. The Hall–Kier alpha value is -1.57. The molecule has 0 radical (unpaired) electrons. The maximum atomic E-state index is 5.91. The average molecular weight is 441 g/mol. The minimum absolute atomic E-state index is 0. The van der Waals surface area contributed by atoms with Gasteiger partial charge in [0, 0.05) is 18.9 Å². The number of nitrogens with one attached hydrogen (secondary N) is 1. The number of halogens is 1. The molecule has 1 heterocycles. The summed E-state index contributed by atoms with van der Waals surface area (Å²) in [4.78, 5) is 4.41. The van der Waals surface area contributed by atoms with Gasteiger partial charge in [-0.3, -0.25) is 4.68 Å². The maximum Gasteiger partial charge on any atom is 0.188 e. The standard InChI is InChI=1S/C18H27N5.HI/c1-2-3-4-5-10-20-18(19)21-14-16-8-6-9-17(13-16)15-23-12-7-11-22-23;/h6-9,11-13H,2-5,10,14-15H2,1H3,(H3,19,20,21);1H. The Bertz CT molecular complexity index is 595. The van der Waals surface area contributed by atoms with Crippen LogP contribution in [0.1, 0.15) is 43.7 Å². The highest BCUT2D eigenvalue weighted by Gasteiger charge is 1.98. The first kappa shape index (κ1) is 20.5. The number of hydrogen-bond donors (Lipinski definition) is 2. The number of rotatable bonds is 9. The fourth-order valence-electron chi connectivity index (χ4n) is 2.41. The predicted molar refractivity (Wildman–Crippen MR) is 111 cm³/mol. The van der Waals surface area contributed by atoms with Crippen molar-refractivity contribution in [1.82, 2.24) is 15.1 Å². The van der Waals surface area contributed by atoms with Crippen LogP contribution < -0.4 is 11.1 Å². The predicted octanol–water partition coefficient (Wildman–Crippen LogP) is 3.53. The van der Waals surface area contributed by atoms with Gasteiger partial charge in [-0.2, -0.15) is 5.10 Å². The van der Waals surface area contributed by atoms with Crippen LogP contribution in [0.5, 0.6) is 0 Å². The number of aromatic nitrogens is 2. The van der Waals surface area contributed by atoms with Crippen molar-refractivity contribution < 1.29 is 0 Å². The van der Waals surface area contributed by atoms with E-state index in [1.807, 2.05) is 16.9 Å². The molecule has 0 atom stereocenters. The van der Waals surface area contributed by atoms with Crippen LogP contribution in [-0.2, 0) is 13.1 Å². The van der Waals surface area contributed by atoms with E-state index in [9.17, 15) is 0 Å². The SMILES string of the molecule is CCCCCCNC(N)=NCc1cccc(Cn2cccn2)c1.I. The van der Waals surface area contributed by atoms with Gasteiger partial charge in [0.1, 0.15) is 0 Å². The fraction of sp³-hybridized carbons (Fsp3) is 0.444. The molecule has 0 aliphatic rings. The second-order valence-electron chi connectivity index (χ2n) is 5.71. The molecule has 0 saturated heterocycles. The quantitative estimate of drug-likeness (QED) is 0.271. The molecule has 132 valence electrons. The molecule has 0 spiro atoms. The van der Waals surface area contributed by atoms with E-state index in [1.165, 1.54) is 24.8 Å². The molecule has 0 aliphatic carbocycles. The van der Waals surface area contributed by atoms with E-state index in [-0.39, 0.29) is 24.0 Å². The van der Waals surface area contributed by atoms with Gasteiger partial charge in [-0.15, -0.1) is 24.0 Å². The molecule has 2 aromatic rings. The van der Waals surface area contributed by atoms with Gasteiger partial charge in [-0.05, 0) is 23.6 Å². The topological polar surface area (TPSA) is 68.2 Å². The van der Waals surface area contributed by atoms with E-state index in [0.29, 0.717) is 12.5 Å². The van der Waals surface area contributed by atoms with Crippen molar-refractivity contribution in [3.63, 3.8) is 0 Å². The summed E-state index contributed by atoms with van der Waals surface area (Å²) in [5, 5.41) is 7.41. The lowest BCUT2D eigenvalue weighted by Gasteiger charge is -2.07. The zero-order chi connectivity index (χ0) is 16.3. The number of nitrogens with two attached hydrogens (primary N) is 1. The van der Waals surface area contributed by atoms with Crippen LogP contribution >= 0.6 is 24.0 Å². The van der Waals surface area contributed by atoms with E-state index in [0.717, 1.165) is 25.1 Å². The highest BCUT2D eigenvalue weighted by Crippen LogP contribution is 2.08. The molecular weight excluding hydrogens is 413 g/mol. The van der Waals surface area contributed by atoms with Gasteiger partial charge in [0.15, 0.2) is 5.96 Å². The molecule has 0 fully saturated rings. The van der Waals surface area contributed by atoms with Gasteiger partial charge >= 0.3 is 0 Å². The Morgan fingerprint density at radius 1 is 1.21 bits per heavy atom. The first-order valence-electron chi connectivity index (χ1n) is 8.37.